The Labute approximate surface area is 94.6 Å². The quantitative estimate of drug-likeness (QED) is 0.733. The average Bonchev–Trinajstić information content (AvgIpc) is 2.64. The van der Waals surface area contributed by atoms with Gasteiger partial charge >= 0.3 is 6.18 Å². The molecule has 0 aliphatic carbocycles. The van der Waals surface area contributed by atoms with E-state index < -0.39 is 11.7 Å². The molecule has 5 heteroatoms. The van der Waals surface area contributed by atoms with Crippen LogP contribution in [0.15, 0.2) is 30.5 Å². The summed E-state index contributed by atoms with van der Waals surface area (Å²) in [5.41, 5.74) is -0.0727. The van der Waals surface area contributed by atoms with Crippen molar-refractivity contribution in [2.24, 2.45) is 0 Å². The maximum atomic E-state index is 12.5. The van der Waals surface area contributed by atoms with Crippen molar-refractivity contribution in [1.82, 2.24) is 4.98 Å². The molecule has 0 fully saturated rings. The Morgan fingerprint density at radius 2 is 2.00 bits per heavy atom. The molecule has 84 valence electrons. The lowest BCUT2D eigenvalue weighted by molar-refractivity contribution is -0.137. The molecule has 16 heavy (non-hydrogen) atoms. The highest BCUT2D eigenvalue weighted by Crippen LogP contribution is 2.33. The number of alkyl halides is 3. The van der Waals surface area contributed by atoms with Crippen LogP contribution >= 0.6 is 11.3 Å². The molecule has 0 atom stereocenters. The van der Waals surface area contributed by atoms with Gasteiger partial charge in [0.15, 0.2) is 0 Å². The molecule has 2 aromatic rings. The molecule has 1 heterocycles. The molecule has 0 aliphatic rings. The number of aromatic nitrogens is 1. The summed E-state index contributed by atoms with van der Waals surface area (Å²) in [5.74, 6) is 0. The van der Waals surface area contributed by atoms with Crippen LogP contribution in [0.3, 0.4) is 0 Å². The third kappa shape index (κ3) is 2.24. The van der Waals surface area contributed by atoms with E-state index in [0.717, 1.165) is 22.0 Å². The molecule has 0 saturated heterocycles. The predicted octanol–water partition coefficient (Wildman–Crippen LogP) is 4.14. The summed E-state index contributed by atoms with van der Waals surface area (Å²) in [7, 11) is 0. The Bertz CT molecular complexity index is 502. The zero-order valence-corrected chi connectivity index (χ0v) is 9.19. The molecular formula is C11H8F3NS. The lowest BCUT2D eigenvalue weighted by Gasteiger charge is -2.07. The molecule has 0 aliphatic heterocycles. The van der Waals surface area contributed by atoms with E-state index in [9.17, 15) is 13.2 Å². The Kier molecular flexibility index (Phi) is 2.71. The summed E-state index contributed by atoms with van der Waals surface area (Å²) in [6, 6.07) is 5.28. The van der Waals surface area contributed by atoms with E-state index in [1.54, 1.807) is 12.3 Å². The maximum Gasteiger partial charge on any atom is 0.416 e. The Balaban J connectivity index is 2.44. The topological polar surface area (TPSA) is 12.9 Å². The van der Waals surface area contributed by atoms with Crippen molar-refractivity contribution < 1.29 is 13.2 Å². The normalized spacial score (nSPS) is 11.8. The molecule has 0 amide bonds. The Morgan fingerprint density at radius 3 is 2.56 bits per heavy atom. The standard InChI is InChI=1S/C11H8F3NS/c1-7-15-6-10(16-7)8-3-2-4-9(5-8)11(12,13)14/h2-6H,1H3. The van der Waals surface area contributed by atoms with Gasteiger partial charge in [-0.15, -0.1) is 11.3 Å². The van der Waals surface area contributed by atoms with E-state index in [1.165, 1.54) is 17.4 Å². The van der Waals surface area contributed by atoms with Crippen molar-refractivity contribution >= 4 is 11.3 Å². The van der Waals surface area contributed by atoms with Crippen LogP contribution in [0.5, 0.6) is 0 Å². The number of halogens is 3. The number of nitrogens with zero attached hydrogens (tertiary/aromatic N) is 1. The fourth-order valence-electron chi connectivity index (χ4n) is 1.34. The zero-order valence-electron chi connectivity index (χ0n) is 8.38. The minimum Gasteiger partial charge on any atom is -0.249 e. The van der Waals surface area contributed by atoms with Gasteiger partial charge in [0, 0.05) is 6.20 Å². The largest absolute Gasteiger partial charge is 0.416 e. The van der Waals surface area contributed by atoms with E-state index in [0.29, 0.717) is 5.56 Å². The summed E-state index contributed by atoms with van der Waals surface area (Å²) in [6.45, 7) is 1.82. The van der Waals surface area contributed by atoms with Gasteiger partial charge in [0.1, 0.15) is 0 Å². The van der Waals surface area contributed by atoms with E-state index in [-0.39, 0.29) is 0 Å². The molecule has 1 aromatic carbocycles. The minimum absolute atomic E-state index is 0.556. The smallest absolute Gasteiger partial charge is 0.249 e. The van der Waals surface area contributed by atoms with Gasteiger partial charge < -0.3 is 0 Å². The number of aryl methyl sites for hydroxylation is 1. The van der Waals surface area contributed by atoms with E-state index >= 15 is 0 Å². The van der Waals surface area contributed by atoms with Gasteiger partial charge in [-0.2, -0.15) is 13.2 Å². The third-order valence-electron chi connectivity index (χ3n) is 2.10. The van der Waals surface area contributed by atoms with Crippen molar-refractivity contribution in [2.75, 3.05) is 0 Å². The molecule has 2 rings (SSSR count). The molecule has 1 aromatic heterocycles. The molecule has 0 N–H and O–H groups in total. The molecule has 0 radical (unpaired) electrons. The van der Waals surface area contributed by atoms with Crippen molar-refractivity contribution in [2.45, 2.75) is 13.1 Å². The first kappa shape index (κ1) is 11.1. The fourth-order valence-corrected chi connectivity index (χ4v) is 2.12. The van der Waals surface area contributed by atoms with Crippen molar-refractivity contribution in [1.29, 1.82) is 0 Å². The van der Waals surface area contributed by atoms with Crippen molar-refractivity contribution in [3.05, 3.63) is 41.0 Å². The summed E-state index contributed by atoms with van der Waals surface area (Å²) in [6.07, 6.45) is -2.70. The van der Waals surface area contributed by atoms with Gasteiger partial charge in [0.05, 0.1) is 15.4 Å². The maximum absolute atomic E-state index is 12.5. The Morgan fingerprint density at radius 1 is 1.25 bits per heavy atom. The second kappa shape index (κ2) is 3.90. The Hall–Kier alpha value is -1.36. The highest BCUT2D eigenvalue weighted by molar-refractivity contribution is 7.15. The number of thiazole rings is 1. The molecule has 0 saturated carbocycles. The fraction of sp³-hybridized carbons (Fsp3) is 0.182. The third-order valence-corrected chi connectivity index (χ3v) is 3.06. The van der Waals surface area contributed by atoms with Gasteiger partial charge in [-0.05, 0) is 24.6 Å². The van der Waals surface area contributed by atoms with Gasteiger partial charge in [0.2, 0.25) is 0 Å². The molecule has 0 bridgehead atoms. The van der Waals surface area contributed by atoms with Gasteiger partial charge in [-0.3, -0.25) is 0 Å². The van der Waals surface area contributed by atoms with Gasteiger partial charge in [-0.25, -0.2) is 4.98 Å². The summed E-state index contributed by atoms with van der Waals surface area (Å²) in [5, 5.41) is 0.840. The SMILES string of the molecule is Cc1ncc(-c2cccc(C(F)(F)F)c2)s1. The van der Waals surface area contributed by atoms with Crippen LogP contribution in [0.4, 0.5) is 13.2 Å². The molecule has 1 nitrogen and oxygen atoms in total. The van der Waals surface area contributed by atoms with Gasteiger partial charge in [-0.1, -0.05) is 12.1 Å². The van der Waals surface area contributed by atoms with Crippen LogP contribution < -0.4 is 0 Å². The first-order chi connectivity index (χ1) is 7.47. The highest BCUT2D eigenvalue weighted by atomic mass is 32.1. The van der Waals surface area contributed by atoms with Crippen molar-refractivity contribution in [3.63, 3.8) is 0 Å². The van der Waals surface area contributed by atoms with Crippen LogP contribution in [0, 0.1) is 6.92 Å². The van der Waals surface area contributed by atoms with Crippen LogP contribution in [-0.2, 0) is 6.18 Å². The summed E-state index contributed by atoms with van der Waals surface area (Å²) >= 11 is 1.38. The van der Waals surface area contributed by atoms with Crippen LogP contribution in [0.2, 0.25) is 0 Å². The van der Waals surface area contributed by atoms with E-state index in [1.807, 2.05) is 6.92 Å². The number of hydrogen-bond donors (Lipinski definition) is 0. The van der Waals surface area contributed by atoms with Crippen molar-refractivity contribution in [3.8, 4) is 10.4 Å². The average molecular weight is 243 g/mol. The molecular weight excluding hydrogens is 235 g/mol. The first-order valence-corrected chi connectivity index (χ1v) is 5.38. The lowest BCUT2D eigenvalue weighted by Crippen LogP contribution is -2.04. The molecule has 0 spiro atoms. The zero-order chi connectivity index (χ0) is 11.8. The monoisotopic (exact) mass is 243 g/mol. The summed E-state index contributed by atoms with van der Waals surface area (Å²) < 4.78 is 37.4. The van der Waals surface area contributed by atoms with E-state index in [2.05, 4.69) is 4.98 Å². The van der Waals surface area contributed by atoms with Gasteiger partial charge in [0.25, 0.3) is 0 Å². The second-order valence-corrected chi connectivity index (χ2v) is 4.56. The van der Waals surface area contributed by atoms with Crippen LogP contribution in [0.25, 0.3) is 10.4 Å². The number of hydrogen-bond acceptors (Lipinski definition) is 2. The highest BCUT2D eigenvalue weighted by Gasteiger charge is 2.30. The minimum atomic E-state index is -4.30. The predicted molar refractivity (Wildman–Crippen MR) is 57.3 cm³/mol. The summed E-state index contributed by atoms with van der Waals surface area (Å²) in [4.78, 5) is 4.78. The number of rotatable bonds is 1. The first-order valence-electron chi connectivity index (χ1n) is 4.57. The number of benzene rings is 1. The van der Waals surface area contributed by atoms with Crippen LogP contribution in [0.1, 0.15) is 10.6 Å². The van der Waals surface area contributed by atoms with E-state index in [4.69, 9.17) is 0 Å². The second-order valence-electron chi connectivity index (χ2n) is 3.32. The van der Waals surface area contributed by atoms with Crippen LogP contribution in [-0.4, -0.2) is 4.98 Å². The molecule has 0 unspecified atom stereocenters. The lowest BCUT2D eigenvalue weighted by atomic mass is 10.1.